The number of hydrogen-bond donors (Lipinski definition) is 2. The van der Waals surface area contributed by atoms with Gasteiger partial charge >= 0.3 is 0 Å². The van der Waals surface area contributed by atoms with Crippen LogP contribution in [0, 0.1) is 11.6 Å². The highest BCUT2D eigenvalue weighted by Gasteiger charge is 2.21. The quantitative estimate of drug-likeness (QED) is 0.820. The van der Waals surface area contributed by atoms with Gasteiger partial charge in [0.15, 0.2) is 5.03 Å². The molecule has 0 aliphatic rings. The first kappa shape index (κ1) is 14.7. The van der Waals surface area contributed by atoms with Crippen LogP contribution in [0.15, 0.2) is 40.0 Å². The molecule has 0 spiro atoms. The molecule has 2 aromatic rings. The molecule has 2 rings (SSSR count). The van der Waals surface area contributed by atoms with E-state index in [1.54, 1.807) is 0 Å². The number of halogens is 3. The van der Waals surface area contributed by atoms with E-state index in [1.807, 2.05) is 4.72 Å². The minimum absolute atomic E-state index is 0.0991. The van der Waals surface area contributed by atoms with Crippen LogP contribution < -0.4 is 10.5 Å². The molecule has 0 atom stereocenters. The van der Waals surface area contributed by atoms with Crippen molar-refractivity contribution < 1.29 is 17.2 Å². The summed E-state index contributed by atoms with van der Waals surface area (Å²) in [4.78, 5) is 3.61. The van der Waals surface area contributed by atoms with Crippen LogP contribution in [0.1, 0.15) is 0 Å². The number of benzene rings is 1. The first-order chi connectivity index (χ1) is 9.31. The van der Waals surface area contributed by atoms with Crippen LogP contribution in [0.25, 0.3) is 0 Å². The Morgan fingerprint density at radius 1 is 1.25 bits per heavy atom. The van der Waals surface area contributed by atoms with Gasteiger partial charge in [-0.05, 0) is 34.1 Å². The van der Waals surface area contributed by atoms with Gasteiger partial charge in [0, 0.05) is 12.3 Å². The topological polar surface area (TPSA) is 85.1 Å². The lowest BCUT2D eigenvalue weighted by atomic mass is 10.3. The molecule has 0 saturated carbocycles. The number of pyridine rings is 1. The predicted octanol–water partition coefficient (Wildman–Crippen LogP) is 2.51. The second-order valence-electron chi connectivity index (χ2n) is 3.75. The van der Waals surface area contributed by atoms with E-state index in [4.69, 9.17) is 5.73 Å². The van der Waals surface area contributed by atoms with Gasteiger partial charge < -0.3 is 5.73 Å². The molecule has 5 nitrogen and oxygen atoms in total. The molecule has 0 amide bonds. The zero-order chi connectivity index (χ0) is 14.9. The maximum atomic E-state index is 13.6. The number of aromatic nitrogens is 1. The van der Waals surface area contributed by atoms with Crippen molar-refractivity contribution in [3.63, 3.8) is 0 Å². The number of nitrogens with two attached hydrogens (primary N) is 1. The minimum atomic E-state index is -4.20. The van der Waals surface area contributed by atoms with Crippen molar-refractivity contribution in [1.82, 2.24) is 4.98 Å². The Labute approximate surface area is 122 Å². The van der Waals surface area contributed by atoms with Gasteiger partial charge in [-0.2, -0.15) is 8.42 Å². The standard InChI is InChI=1S/C11H8BrF2N3O2S/c12-6-4-8(14)10(5-7(6)13)17-20(18,19)11-9(15)2-1-3-16-11/h1-5,17H,15H2. The van der Waals surface area contributed by atoms with Crippen LogP contribution in [-0.2, 0) is 10.0 Å². The molecule has 1 heterocycles. The van der Waals surface area contributed by atoms with Crippen molar-refractivity contribution >= 4 is 37.3 Å². The van der Waals surface area contributed by atoms with Crippen LogP contribution >= 0.6 is 15.9 Å². The Balaban J connectivity index is 2.44. The average molecular weight is 364 g/mol. The lowest BCUT2D eigenvalue weighted by Crippen LogP contribution is -2.17. The molecule has 0 radical (unpaired) electrons. The van der Waals surface area contributed by atoms with E-state index in [-0.39, 0.29) is 10.2 Å². The summed E-state index contributed by atoms with van der Waals surface area (Å²) in [6.45, 7) is 0. The maximum absolute atomic E-state index is 13.6. The summed E-state index contributed by atoms with van der Waals surface area (Å²) in [5.41, 5.74) is 4.86. The fraction of sp³-hybridized carbons (Fsp3) is 0. The van der Waals surface area contributed by atoms with E-state index in [0.29, 0.717) is 0 Å². The van der Waals surface area contributed by atoms with Gasteiger partial charge in [0.1, 0.15) is 11.6 Å². The minimum Gasteiger partial charge on any atom is -0.396 e. The summed E-state index contributed by atoms with van der Waals surface area (Å²) in [6, 6.07) is 4.32. The van der Waals surface area contributed by atoms with Gasteiger partial charge in [-0.25, -0.2) is 13.8 Å². The summed E-state index contributed by atoms with van der Waals surface area (Å²) in [5.74, 6) is -1.74. The van der Waals surface area contributed by atoms with Crippen molar-refractivity contribution in [3.05, 3.63) is 46.6 Å². The highest BCUT2D eigenvalue weighted by atomic mass is 79.9. The second-order valence-corrected chi connectivity index (χ2v) is 6.20. The Bertz CT molecular complexity index is 768. The maximum Gasteiger partial charge on any atom is 0.281 e. The molecule has 0 bridgehead atoms. The van der Waals surface area contributed by atoms with Gasteiger partial charge in [0.2, 0.25) is 0 Å². The fourth-order valence-corrected chi connectivity index (χ4v) is 2.86. The van der Waals surface area contributed by atoms with Crippen LogP contribution in [0.3, 0.4) is 0 Å². The number of rotatable bonds is 3. The van der Waals surface area contributed by atoms with Gasteiger partial charge in [0.05, 0.1) is 15.8 Å². The zero-order valence-electron chi connectivity index (χ0n) is 9.77. The third-order valence-electron chi connectivity index (χ3n) is 2.31. The zero-order valence-corrected chi connectivity index (χ0v) is 12.2. The first-order valence-electron chi connectivity index (χ1n) is 5.19. The molecule has 1 aromatic heterocycles. The molecule has 1 aromatic carbocycles. The highest BCUT2D eigenvalue weighted by molar-refractivity contribution is 9.10. The van der Waals surface area contributed by atoms with E-state index in [9.17, 15) is 17.2 Å². The Kier molecular flexibility index (Phi) is 3.91. The summed E-state index contributed by atoms with van der Waals surface area (Å²) in [7, 11) is -4.20. The molecule has 106 valence electrons. The molecule has 0 aliphatic heterocycles. The third-order valence-corrected chi connectivity index (χ3v) is 4.26. The second kappa shape index (κ2) is 5.33. The van der Waals surface area contributed by atoms with Crippen LogP contribution in [0.4, 0.5) is 20.2 Å². The van der Waals surface area contributed by atoms with Crippen LogP contribution in [0.2, 0.25) is 0 Å². The van der Waals surface area contributed by atoms with Crippen LogP contribution in [0.5, 0.6) is 0 Å². The van der Waals surface area contributed by atoms with Crippen molar-refractivity contribution in [2.75, 3.05) is 10.5 Å². The molecule has 0 fully saturated rings. The van der Waals surface area contributed by atoms with Gasteiger partial charge in [0.25, 0.3) is 10.0 Å². The van der Waals surface area contributed by atoms with Crippen LogP contribution in [-0.4, -0.2) is 13.4 Å². The highest BCUT2D eigenvalue weighted by Crippen LogP contribution is 2.26. The monoisotopic (exact) mass is 363 g/mol. The summed E-state index contributed by atoms with van der Waals surface area (Å²) in [5, 5.41) is -0.456. The summed E-state index contributed by atoms with van der Waals surface area (Å²) >= 11 is 2.79. The smallest absolute Gasteiger partial charge is 0.281 e. The molecular weight excluding hydrogens is 356 g/mol. The predicted molar refractivity (Wildman–Crippen MR) is 73.5 cm³/mol. The normalized spacial score (nSPS) is 11.3. The Morgan fingerprint density at radius 3 is 2.60 bits per heavy atom. The Morgan fingerprint density at radius 2 is 1.95 bits per heavy atom. The Hall–Kier alpha value is -1.74. The van der Waals surface area contributed by atoms with Crippen molar-refractivity contribution in [3.8, 4) is 0 Å². The number of hydrogen-bond acceptors (Lipinski definition) is 4. The number of nitrogens with one attached hydrogen (secondary N) is 1. The molecule has 20 heavy (non-hydrogen) atoms. The number of nitrogen functional groups attached to an aromatic ring is 1. The summed E-state index contributed by atoms with van der Waals surface area (Å²) < 4.78 is 52.8. The number of sulfonamides is 1. The molecule has 9 heteroatoms. The van der Waals surface area contributed by atoms with E-state index >= 15 is 0 Å². The fourth-order valence-electron chi connectivity index (χ4n) is 1.42. The molecule has 3 N–H and O–H groups in total. The molecular formula is C11H8BrF2N3O2S. The van der Waals surface area contributed by atoms with E-state index in [1.165, 1.54) is 18.3 Å². The van der Waals surface area contributed by atoms with E-state index in [2.05, 4.69) is 20.9 Å². The van der Waals surface area contributed by atoms with Gasteiger partial charge in [-0.3, -0.25) is 4.72 Å². The summed E-state index contributed by atoms with van der Waals surface area (Å²) in [6.07, 6.45) is 1.23. The number of nitrogens with zero attached hydrogens (tertiary/aromatic N) is 1. The average Bonchev–Trinajstić information content (AvgIpc) is 2.36. The van der Waals surface area contributed by atoms with Gasteiger partial charge in [-0.1, -0.05) is 0 Å². The van der Waals surface area contributed by atoms with E-state index in [0.717, 1.165) is 12.1 Å². The number of anilines is 2. The molecule has 0 saturated heterocycles. The lowest BCUT2D eigenvalue weighted by Gasteiger charge is -2.10. The van der Waals surface area contributed by atoms with Crippen molar-refractivity contribution in [1.29, 1.82) is 0 Å². The lowest BCUT2D eigenvalue weighted by molar-refractivity contribution is 0.590. The van der Waals surface area contributed by atoms with E-state index < -0.39 is 32.4 Å². The van der Waals surface area contributed by atoms with Gasteiger partial charge in [-0.15, -0.1) is 0 Å². The molecule has 0 unspecified atom stereocenters. The SMILES string of the molecule is Nc1cccnc1S(=O)(=O)Nc1cc(F)c(Br)cc1F. The van der Waals surface area contributed by atoms with Crippen molar-refractivity contribution in [2.45, 2.75) is 5.03 Å². The molecule has 0 aliphatic carbocycles. The van der Waals surface area contributed by atoms with Crippen molar-refractivity contribution in [2.24, 2.45) is 0 Å². The first-order valence-corrected chi connectivity index (χ1v) is 7.47. The largest absolute Gasteiger partial charge is 0.396 e. The third kappa shape index (κ3) is 2.88.